The van der Waals surface area contributed by atoms with Gasteiger partial charge in [-0.1, -0.05) is 0 Å². The fraction of sp³-hybridized carbons (Fsp3) is 0.217. The molecule has 1 aliphatic rings. The van der Waals surface area contributed by atoms with E-state index in [0.29, 0.717) is 47.1 Å². The monoisotopic (exact) mass is 405 g/mol. The smallest absolute Gasteiger partial charge is 0.340 e. The molecule has 0 unspecified atom stereocenters. The van der Waals surface area contributed by atoms with Crippen molar-refractivity contribution in [2.24, 2.45) is 0 Å². The van der Waals surface area contributed by atoms with Crippen molar-refractivity contribution >= 4 is 33.5 Å². The van der Waals surface area contributed by atoms with E-state index in [0.717, 1.165) is 21.9 Å². The molecule has 1 N–H and O–H groups in total. The summed E-state index contributed by atoms with van der Waals surface area (Å²) in [5.41, 5.74) is 3.19. The molecule has 0 atom stereocenters. The number of fused-ring (bicyclic) bond motifs is 3. The number of hydrogen-bond donors (Lipinski definition) is 1. The van der Waals surface area contributed by atoms with Gasteiger partial charge in [0.2, 0.25) is 5.91 Å². The minimum atomic E-state index is -0.528. The fourth-order valence-corrected chi connectivity index (χ4v) is 3.73. The van der Waals surface area contributed by atoms with Gasteiger partial charge in [-0.05, 0) is 43.2 Å². The summed E-state index contributed by atoms with van der Waals surface area (Å²) in [6, 6.07) is 8.84. The molecule has 1 aliphatic heterocycles. The number of aryl methyl sites for hydroxylation is 2. The maximum absolute atomic E-state index is 12.6. The van der Waals surface area contributed by atoms with Crippen LogP contribution in [0, 0.1) is 13.8 Å². The Kier molecular flexibility index (Phi) is 4.24. The number of rotatable bonds is 3. The van der Waals surface area contributed by atoms with E-state index in [9.17, 15) is 9.59 Å². The van der Waals surface area contributed by atoms with E-state index in [1.54, 1.807) is 30.5 Å². The Hall–Kier alpha value is -3.74. The van der Waals surface area contributed by atoms with Crippen molar-refractivity contribution in [2.45, 2.75) is 20.3 Å². The van der Waals surface area contributed by atoms with Crippen LogP contribution in [0.25, 0.3) is 21.9 Å². The van der Waals surface area contributed by atoms with Crippen molar-refractivity contribution in [3.05, 3.63) is 63.7 Å². The number of furan rings is 1. The largest absolute Gasteiger partial charge is 0.486 e. The Morgan fingerprint density at radius 3 is 2.63 bits per heavy atom. The van der Waals surface area contributed by atoms with Crippen LogP contribution in [0.15, 0.2) is 50.2 Å². The molecule has 0 aliphatic carbocycles. The normalized spacial score (nSPS) is 13.0. The summed E-state index contributed by atoms with van der Waals surface area (Å²) < 4.78 is 22.0. The summed E-state index contributed by atoms with van der Waals surface area (Å²) in [5.74, 6) is 0.910. The van der Waals surface area contributed by atoms with Crippen molar-refractivity contribution < 1.29 is 23.1 Å². The lowest BCUT2D eigenvalue weighted by Crippen LogP contribution is -2.21. The van der Waals surface area contributed by atoms with E-state index in [2.05, 4.69) is 5.32 Å². The van der Waals surface area contributed by atoms with E-state index >= 15 is 0 Å². The highest BCUT2D eigenvalue weighted by Crippen LogP contribution is 2.33. The van der Waals surface area contributed by atoms with Crippen LogP contribution in [-0.4, -0.2) is 19.1 Å². The third kappa shape index (κ3) is 3.08. The van der Waals surface area contributed by atoms with Gasteiger partial charge in [0.25, 0.3) is 0 Å². The standard InChI is InChI=1S/C23H19NO6/c1-12-11-29-19-10-20-16(8-15(12)19)13(2)17(23(26)30-20)9-22(25)24-14-3-4-18-21(7-14)28-6-5-27-18/h3-4,7-8,10-11H,5-6,9H2,1-2H3,(H,24,25). The van der Waals surface area contributed by atoms with Crippen LogP contribution in [-0.2, 0) is 11.2 Å². The molecule has 0 bridgehead atoms. The van der Waals surface area contributed by atoms with Crippen LogP contribution in [0.3, 0.4) is 0 Å². The van der Waals surface area contributed by atoms with E-state index < -0.39 is 5.63 Å². The maximum atomic E-state index is 12.6. The van der Waals surface area contributed by atoms with Gasteiger partial charge in [0.05, 0.1) is 18.2 Å². The van der Waals surface area contributed by atoms with Gasteiger partial charge < -0.3 is 23.6 Å². The van der Waals surface area contributed by atoms with Crippen LogP contribution >= 0.6 is 0 Å². The van der Waals surface area contributed by atoms with Crippen LogP contribution in [0.2, 0.25) is 0 Å². The molecule has 0 saturated heterocycles. The maximum Gasteiger partial charge on any atom is 0.340 e. The Balaban J connectivity index is 1.45. The predicted octanol–water partition coefficient (Wildman–Crippen LogP) is 4.11. The van der Waals surface area contributed by atoms with Gasteiger partial charge in [0.1, 0.15) is 24.4 Å². The van der Waals surface area contributed by atoms with Crippen molar-refractivity contribution in [1.29, 1.82) is 0 Å². The number of hydrogen-bond acceptors (Lipinski definition) is 6. The predicted molar refractivity (Wildman–Crippen MR) is 111 cm³/mol. The number of anilines is 1. The van der Waals surface area contributed by atoms with Gasteiger partial charge in [-0.15, -0.1) is 0 Å². The highest BCUT2D eigenvalue weighted by atomic mass is 16.6. The molecule has 7 nitrogen and oxygen atoms in total. The summed E-state index contributed by atoms with van der Waals surface area (Å²) in [6.45, 7) is 4.74. The molecule has 152 valence electrons. The Labute approximate surface area is 171 Å². The summed E-state index contributed by atoms with van der Waals surface area (Å²) >= 11 is 0. The quantitative estimate of drug-likeness (QED) is 0.516. The zero-order chi connectivity index (χ0) is 20.8. The molecule has 5 rings (SSSR count). The van der Waals surface area contributed by atoms with E-state index in [1.807, 2.05) is 19.9 Å². The Bertz CT molecular complexity index is 1360. The van der Waals surface area contributed by atoms with E-state index in [4.69, 9.17) is 18.3 Å². The third-order valence-corrected chi connectivity index (χ3v) is 5.34. The topological polar surface area (TPSA) is 90.9 Å². The average Bonchev–Trinajstić information content (AvgIpc) is 3.09. The van der Waals surface area contributed by atoms with E-state index in [1.165, 1.54) is 0 Å². The number of ether oxygens (including phenoxy) is 2. The SMILES string of the molecule is Cc1coc2cc3oc(=O)c(CC(=O)Nc4ccc5c(c4)OCCO5)c(C)c3cc12. The zero-order valence-corrected chi connectivity index (χ0v) is 16.5. The Morgan fingerprint density at radius 1 is 1.00 bits per heavy atom. The second-order valence-electron chi connectivity index (χ2n) is 7.34. The molecule has 7 heteroatoms. The highest BCUT2D eigenvalue weighted by Gasteiger charge is 2.18. The average molecular weight is 405 g/mol. The van der Waals surface area contributed by atoms with Gasteiger partial charge in [0, 0.05) is 28.6 Å². The van der Waals surface area contributed by atoms with Crippen molar-refractivity contribution in [1.82, 2.24) is 0 Å². The first kappa shape index (κ1) is 18.3. The molecule has 30 heavy (non-hydrogen) atoms. The van der Waals surface area contributed by atoms with Gasteiger partial charge in [-0.3, -0.25) is 4.79 Å². The molecule has 0 radical (unpaired) electrons. The van der Waals surface area contributed by atoms with Crippen molar-refractivity contribution in [3.63, 3.8) is 0 Å². The summed E-state index contributed by atoms with van der Waals surface area (Å²) in [5, 5.41) is 4.54. The lowest BCUT2D eigenvalue weighted by molar-refractivity contribution is -0.115. The minimum Gasteiger partial charge on any atom is -0.486 e. The molecule has 4 aromatic rings. The lowest BCUT2D eigenvalue weighted by atomic mass is 10.0. The number of nitrogens with one attached hydrogen (secondary N) is 1. The summed E-state index contributed by atoms with van der Waals surface area (Å²) in [4.78, 5) is 25.2. The molecule has 2 aromatic carbocycles. The summed E-state index contributed by atoms with van der Waals surface area (Å²) in [6.07, 6.45) is 1.57. The van der Waals surface area contributed by atoms with Gasteiger partial charge in [-0.2, -0.15) is 0 Å². The van der Waals surface area contributed by atoms with Crippen LogP contribution in [0.1, 0.15) is 16.7 Å². The molecule has 3 heterocycles. The second-order valence-corrected chi connectivity index (χ2v) is 7.34. The molecule has 0 fully saturated rings. The van der Waals surface area contributed by atoms with Crippen LogP contribution < -0.4 is 20.4 Å². The van der Waals surface area contributed by atoms with Crippen molar-refractivity contribution in [3.8, 4) is 11.5 Å². The van der Waals surface area contributed by atoms with Gasteiger partial charge in [0.15, 0.2) is 11.5 Å². The number of benzene rings is 2. The number of carbonyl (C=O) groups excluding carboxylic acids is 1. The molecule has 1 amide bonds. The first-order valence-electron chi connectivity index (χ1n) is 9.63. The highest BCUT2D eigenvalue weighted by molar-refractivity contribution is 5.97. The van der Waals surface area contributed by atoms with Crippen molar-refractivity contribution in [2.75, 3.05) is 18.5 Å². The fourth-order valence-electron chi connectivity index (χ4n) is 3.73. The lowest BCUT2D eigenvalue weighted by Gasteiger charge is -2.19. The van der Waals surface area contributed by atoms with Gasteiger partial charge >= 0.3 is 5.63 Å². The molecule has 2 aromatic heterocycles. The summed E-state index contributed by atoms with van der Waals surface area (Å²) in [7, 11) is 0. The molecule has 0 saturated carbocycles. The first-order valence-corrected chi connectivity index (χ1v) is 9.63. The number of carbonyl (C=O) groups is 1. The third-order valence-electron chi connectivity index (χ3n) is 5.34. The zero-order valence-electron chi connectivity index (χ0n) is 16.5. The molecular weight excluding hydrogens is 386 g/mol. The molecule has 0 spiro atoms. The second kappa shape index (κ2) is 6.95. The Morgan fingerprint density at radius 2 is 1.80 bits per heavy atom. The van der Waals surface area contributed by atoms with Gasteiger partial charge in [-0.25, -0.2) is 4.79 Å². The van der Waals surface area contributed by atoms with E-state index in [-0.39, 0.29) is 12.3 Å². The first-order chi connectivity index (χ1) is 14.5. The van der Waals surface area contributed by atoms with Crippen LogP contribution in [0.5, 0.6) is 11.5 Å². The minimum absolute atomic E-state index is 0.0963. The molecular formula is C23H19NO6. The van der Waals surface area contributed by atoms with Crippen LogP contribution in [0.4, 0.5) is 5.69 Å². The number of amides is 1.